The maximum absolute atomic E-state index is 12.0. The lowest BCUT2D eigenvalue weighted by molar-refractivity contribution is 0.0495. The average Bonchev–Trinajstić information content (AvgIpc) is 3.26. The molecule has 4 nitrogen and oxygen atoms in total. The molecule has 0 aliphatic heterocycles. The molecule has 1 amide bonds. The predicted molar refractivity (Wildman–Crippen MR) is 102 cm³/mol. The van der Waals surface area contributed by atoms with Crippen molar-refractivity contribution in [1.29, 1.82) is 0 Å². The zero-order chi connectivity index (χ0) is 18.6. The van der Waals surface area contributed by atoms with Crippen LogP contribution in [0.4, 0.5) is 4.79 Å². The first kappa shape index (κ1) is 18.4. The highest BCUT2D eigenvalue weighted by molar-refractivity contribution is 6.42. The van der Waals surface area contributed by atoms with Crippen molar-refractivity contribution in [3.05, 3.63) is 40.4 Å². The molecule has 0 saturated heterocycles. The maximum atomic E-state index is 12.0. The Morgan fingerprint density at radius 3 is 2.48 bits per heavy atom. The van der Waals surface area contributed by atoms with Gasteiger partial charge in [-0.1, -0.05) is 35.8 Å². The summed E-state index contributed by atoms with van der Waals surface area (Å²) in [5.74, 6) is 0. The summed E-state index contributed by atoms with van der Waals surface area (Å²) < 4.78 is 5.34. The van der Waals surface area contributed by atoms with Crippen LogP contribution >= 0.6 is 23.2 Å². The van der Waals surface area contributed by atoms with Crippen LogP contribution < -0.4 is 10.6 Å². The number of halogens is 2. The summed E-state index contributed by atoms with van der Waals surface area (Å²) in [5.41, 5.74) is 1.35. The van der Waals surface area contributed by atoms with E-state index in [-0.39, 0.29) is 23.1 Å². The Morgan fingerprint density at radius 2 is 1.92 bits per heavy atom. The standard InChI is InChI=1S/C19H24Cl2N2O2/c1-11(13-6-7-14(20)15(21)8-13)23-19-9-18(19,10-19)12(2)22-16(24)25-17(3,4)5/h6-8,12,23H,1,9-10H2,2-5H3,(H,22,24). The normalized spacial score (nSPS) is 27.8. The fraction of sp³-hybridized carbons (Fsp3) is 0.526. The summed E-state index contributed by atoms with van der Waals surface area (Å²) in [5, 5.41) is 7.53. The van der Waals surface area contributed by atoms with Crippen molar-refractivity contribution in [3.8, 4) is 0 Å². The number of fused-ring (bicyclic) bond motifs is 1. The third-order valence-electron chi connectivity index (χ3n) is 5.16. The molecule has 6 heteroatoms. The van der Waals surface area contributed by atoms with Gasteiger partial charge in [0.05, 0.1) is 10.0 Å². The van der Waals surface area contributed by atoms with Gasteiger partial charge in [0.15, 0.2) is 0 Å². The van der Waals surface area contributed by atoms with Crippen LogP contribution in [-0.4, -0.2) is 23.3 Å². The summed E-state index contributed by atoms with van der Waals surface area (Å²) >= 11 is 12.0. The number of nitrogens with one attached hydrogen (secondary N) is 2. The number of alkyl carbamates (subject to hydrolysis) is 1. The van der Waals surface area contributed by atoms with Crippen LogP contribution in [0.15, 0.2) is 24.8 Å². The van der Waals surface area contributed by atoms with Gasteiger partial charge in [-0.05, 0) is 58.2 Å². The summed E-state index contributed by atoms with van der Waals surface area (Å²) in [6.07, 6.45) is 1.65. The molecular weight excluding hydrogens is 359 g/mol. The Balaban J connectivity index is 1.57. The number of carbonyl (C=O) groups excluding carboxylic acids is 1. The van der Waals surface area contributed by atoms with Gasteiger partial charge in [-0.25, -0.2) is 4.79 Å². The SMILES string of the molecule is C=C(NC12CC1(C(C)NC(=O)OC(C)(C)C)C2)c1ccc(Cl)c(Cl)c1. The molecule has 2 aliphatic rings. The van der Waals surface area contributed by atoms with E-state index in [2.05, 4.69) is 17.2 Å². The van der Waals surface area contributed by atoms with Crippen molar-refractivity contribution >= 4 is 35.0 Å². The number of hydrogen-bond donors (Lipinski definition) is 2. The minimum atomic E-state index is -0.494. The second-order valence-corrected chi connectivity index (χ2v) is 9.01. The van der Waals surface area contributed by atoms with E-state index in [0.29, 0.717) is 10.0 Å². The van der Waals surface area contributed by atoms with Gasteiger partial charge in [0, 0.05) is 22.7 Å². The van der Waals surface area contributed by atoms with E-state index in [1.807, 2.05) is 39.8 Å². The molecule has 25 heavy (non-hydrogen) atoms. The van der Waals surface area contributed by atoms with Gasteiger partial charge in [0.1, 0.15) is 5.60 Å². The van der Waals surface area contributed by atoms with Crippen molar-refractivity contribution in [3.63, 3.8) is 0 Å². The number of amides is 1. The highest BCUT2D eigenvalue weighted by Crippen LogP contribution is 2.80. The van der Waals surface area contributed by atoms with Gasteiger partial charge in [-0.2, -0.15) is 0 Å². The Bertz CT molecular complexity index is 733. The number of benzene rings is 1. The third kappa shape index (κ3) is 3.47. The van der Waals surface area contributed by atoms with Crippen molar-refractivity contribution < 1.29 is 9.53 Å². The maximum Gasteiger partial charge on any atom is 0.407 e. The molecular formula is C19H24Cl2N2O2. The molecule has 0 aromatic heterocycles. The van der Waals surface area contributed by atoms with Crippen molar-refractivity contribution in [2.75, 3.05) is 0 Å². The molecule has 1 unspecified atom stereocenters. The first-order valence-electron chi connectivity index (χ1n) is 8.40. The molecule has 3 rings (SSSR count). The number of carbonyl (C=O) groups is 1. The van der Waals surface area contributed by atoms with Gasteiger partial charge in [0.25, 0.3) is 0 Å². The molecule has 0 radical (unpaired) electrons. The Labute approximate surface area is 158 Å². The van der Waals surface area contributed by atoms with E-state index < -0.39 is 5.60 Å². The molecule has 2 fully saturated rings. The summed E-state index contributed by atoms with van der Waals surface area (Å²) in [6, 6.07) is 5.51. The van der Waals surface area contributed by atoms with Crippen molar-refractivity contribution in [2.24, 2.45) is 5.41 Å². The van der Waals surface area contributed by atoms with Crippen LogP contribution in [0.3, 0.4) is 0 Å². The van der Waals surface area contributed by atoms with Crippen molar-refractivity contribution in [1.82, 2.24) is 10.6 Å². The van der Waals surface area contributed by atoms with Crippen LogP contribution in [-0.2, 0) is 4.74 Å². The molecule has 2 aliphatic carbocycles. The van der Waals surface area contributed by atoms with Crippen LogP contribution in [0.2, 0.25) is 10.0 Å². The Morgan fingerprint density at radius 1 is 1.28 bits per heavy atom. The molecule has 2 saturated carbocycles. The Hall–Kier alpha value is -1.39. The van der Waals surface area contributed by atoms with Gasteiger partial charge >= 0.3 is 6.09 Å². The first-order valence-corrected chi connectivity index (χ1v) is 9.16. The molecule has 2 N–H and O–H groups in total. The fourth-order valence-electron chi connectivity index (χ4n) is 3.54. The quantitative estimate of drug-likeness (QED) is 0.752. The van der Waals surface area contributed by atoms with E-state index in [9.17, 15) is 4.79 Å². The Kier molecular flexibility index (Phi) is 4.28. The van der Waals surface area contributed by atoms with E-state index in [0.717, 1.165) is 24.1 Å². The minimum absolute atomic E-state index is 0.0185. The third-order valence-corrected chi connectivity index (χ3v) is 5.90. The van der Waals surface area contributed by atoms with E-state index in [1.54, 1.807) is 6.07 Å². The van der Waals surface area contributed by atoms with Gasteiger partial charge < -0.3 is 15.4 Å². The summed E-state index contributed by atoms with van der Waals surface area (Å²) in [4.78, 5) is 12.0. The highest BCUT2D eigenvalue weighted by Gasteiger charge is 2.85. The number of hydrogen-bond acceptors (Lipinski definition) is 3. The molecule has 136 valence electrons. The minimum Gasteiger partial charge on any atom is -0.444 e. The zero-order valence-electron chi connectivity index (χ0n) is 15.0. The molecule has 0 heterocycles. The van der Waals surface area contributed by atoms with Crippen molar-refractivity contribution in [2.45, 2.75) is 57.7 Å². The average molecular weight is 383 g/mol. The highest BCUT2D eigenvalue weighted by atomic mass is 35.5. The summed E-state index contributed by atoms with van der Waals surface area (Å²) in [6.45, 7) is 11.7. The van der Waals surface area contributed by atoms with Gasteiger partial charge in [0.2, 0.25) is 0 Å². The second kappa shape index (κ2) is 5.82. The van der Waals surface area contributed by atoms with Crippen LogP contribution in [0.5, 0.6) is 0 Å². The van der Waals surface area contributed by atoms with Gasteiger partial charge in [-0.3, -0.25) is 0 Å². The van der Waals surface area contributed by atoms with E-state index in [1.165, 1.54) is 0 Å². The molecule has 1 atom stereocenters. The molecule has 0 bridgehead atoms. The zero-order valence-corrected chi connectivity index (χ0v) is 16.5. The van der Waals surface area contributed by atoms with Crippen LogP contribution in [0.1, 0.15) is 46.1 Å². The summed E-state index contributed by atoms with van der Waals surface area (Å²) in [7, 11) is 0. The molecule has 1 aromatic rings. The lowest BCUT2D eigenvalue weighted by Crippen LogP contribution is -2.40. The first-order chi connectivity index (χ1) is 11.5. The van der Waals surface area contributed by atoms with E-state index in [4.69, 9.17) is 27.9 Å². The predicted octanol–water partition coefficient (Wildman–Crippen LogP) is 5.00. The van der Waals surface area contributed by atoms with E-state index >= 15 is 0 Å². The smallest absolute Gasteiger partial charge is 0.407 e. The van der Waals surface area contributed by atoms with Crippen LogP contribution in [0.25, 0.3) is 5.70 Å². The fourth-order valence-corrected chi connectivity index (χ4v) is 3.84. The molecule has 0 spiro atoms. The topological polar surface area (TPSA) is 50.4 Å². The number of ether oxygens (including phenoxy) is 1. The lowest BCUT2D eigenvalue weighted by Gasteiger charge is -2.22. The molecule has 1 aromatic carbocycles. The lowest BCUT2D eigenvalue weighted by atomic mass is 10.1. The van der Waals surface area contributed by atoms with Crippen LogP contribution in [0, 0.1) is 5.41 Å². The number of rotatable bonds is 5. The second-order valence-electron chi connectivity index (χ2n) is 8.19. The largest absolute Gasteiger partial charge is 0.444 e. The monoisotopic (exact) mass is 382 g/mol. The van der Waals surface area contributed by atoms with Gasteiger partial charge in [-0.15, -0.1) is 0 Å².